The van der Waals surface area contributed by atoms with Crippen LogP contribution in [0, 0.1) is 0 Å². The van der Waals surface area contributed by atoms with Crippen LogP contribution in [0.5, 0.6) is 0 Å². The van der Waals surface area contributed by atoms with E-state index in [0.717, 1.165) is 16.2 Å². The Bertz CT molecular complexity index is 903. The molecule has 0 atom stereocenters. The lowest BCUT2D eigenvalue weighted by molar-refractivity contribution is -0.138. The van der Waals surface area contributed by atoms with Crippen molar-refractivity contribution in [2.24, 2.45) is 0 Å². The van der Waals surface area contributed by atoms with Crippen LogP contribution >= 0.6 is 27.5 Å². The van der Waals surface area contributed by atoms with Crippen molar-refractivity contribution in [2.75, 3.05) is 0 Å². The average molecular weight is 418 g/mol. The summed E-state index contributed by atoms with van der Waals surface area (Å²) >= 11 is 9.13. The molecule has 2 aromatic heterocycles. The van der Waals surface area contributed by atoms with Gasteiger partial charge in [0.2, 0.25) is 0 Å². The summed E-state index contributed by atoms with van der Waals surface area (Å²) < 4.78 is 42.6. The van der Waals surface area contributed by atoms with Crippen LogP contribution in [-0.4, -0.2) is 9.38 Å². The van der Waals surface area contributed by atoms with Gasteiger partial charge >= 0.3 is 6.18 Å². The largest absolute Gasteiger partial charge is 0.416 e. The molecule has 0 bridgehead atoms. The zero-order valence-corrected chi connectivity index (χ0v) is 15.0. The van der Waals surface area contributed by atoms with E-state index in [1.165, 1.54) is 12.1 Å². The predicted molar refractivity (Wildman–Crippen MR) is 91.5 cm³/mol. The summed E-state index contributed by atoms with van der Waals surface area (Å²) in [5, 5.41) is 0.0701. The molecular weight excluding hydrogens is 405 g/mol. The molecule has 7 heteroatoms. The number of pyridine rings is 1. The molecule has 126 valence electrons. The zero-order chi connectivity index (χ0) is 17.5. The van der Waals surface area contributed by atoms with Crippen LogP contribution < -0.4 is 0 Å². The first-order valence-electron chi connectivity index (χ1n) is 7.30. The van der Waals surface area contributed by atoms with E-state index in [9.17, 15) is 13.2 Å². The van der Waals surface area contributed by atoms with Crippen molar-refractivity contribution in [3.8, 4) is 0 Å². The number of rotatable bonds is 3. The number of aryl methyl sites for hydroxylation is 1. The van der Waals surface area contributed by atoms with Crippen LogP contribution in [0.15, 0.2) is 41.0 Å². The summed E-state index contributed by atoms with van der Waals surface area (Å²) in [4.78, 5) is 4.52. The summed E-state index contributed by atoms with van der Waals surface area (Å²) in [6.07, 6.45) is -1.81. The monoisotopic (exact) mass is 416 g/mol. The fourth-order valence-corrected chi connectivity index (χ4v) is 3.28. The zero-order valence-electron chi connectivity index (χ0n) is 12.7. The molecule has 3 rings (SSSR count). The minimum atomic E-state index is -4.45. The number of hydrogen-bond donors (Lipinski definition) is 0. The quantitative estimate of drug-likeness (QED) is 0.517. The fourth-order valence-electron chi connectivity index (χ4n) is 2.78. The van der Waals surface area contributed by atoms with Crippen LogP contribution in [0.2, 0.25) is 5.02 Å². The van der Waals surface area contributed by atoms with Crippen molar-refractivity contribution < 1.29 is 13.2 Å². The fraction of sp³-hybridized carbons (Fsp3) is 0.235. The average Bonchev–Trinajstić information content (AvgIpc) is 2.84. The molecule has 2 nitrogen and oxygen atoms in total. The Morgan fingerprint density at radius 3 is 2.62 bits per heavy atom. The van der Waals surface area contributed by atoms with Gasteiger partial charge in [-0.3, -0.25) is 0 Å². The van der Waals surface area contributed by atoms with Gasteiger partial charge in [0.05, 0.1) is 11.3 Å². The molecule has 0 radical (unpaired) electrons. The third-order valence-electron chi connectivity index (χ3n) is 3.84. The normalized spacial score (nSPS) is 12.1. The highest BCUT2D eigenvalue weighted by Gasteiger charge is 2.33. The van der Waals surface area contributed by atoms with Gasteiger partial charge in [0.25, 0.3) is 0 Å². The van der Waals surface area contributed by atoms with Crippen LogP contribution in [0.1, 0.15) is 29.4 Å². The minimum Gasteiger partial charge on any atom is -0.304 e. The Hall–Kier alpha value is -1.53. The van der Waals surface area contributed by atoms with Gasteiger partial charge in [0.1, 0.15) is 5.65 Å². The van der Waals surface area contributed by atoms with Crippen molar-refractivity contribution in [1.82, 2.24) is 9.38 Å². The van der Waals surface area contributed by atoms with Crippen molar-refractivity contribution in [1.29, 1.82) is 0 Å². The SMILES string of the molecule is CCc1c(Cc2ccc(Cl)cc2C(F)(F)F)nc2cc(Br)ccn12. The molecular formula is C17H13BrClF3N2. The first-order chi connectivity index (χ1) is 11.3. The smallest absolute Gasteiger partial charge is 0.304 e. The molecule has 0 N–H and O–H groups in total. The van der Waals surface area contributed by atoms with Crippen molar-refractivity contribution in [3.63, 3.8) is 0 Å². The van der Waals surface area contributed by atoms with E-state index >= 15 is 0 Å². The number of aromatic nitrogens is 2. The Labute approximate surface area is 150 Å². The van der Waals surface area contributed by atoms with E-state index in [1.807, 2.05) is 29.7 Å². The lowest BCUT2D eigenvalue weighted by Gasteiger charge is -2.13. The van der Waals surface area contributed by atoms with Crippen molar-refractivity contribution in [3.05, 3.63) is 68.5 Å². The highest BCUT2D eigenvalue weighted by atomic mass is 79.9. The molecule has 0 aliphatic heterocycles. The van der Waals surface area contributed by atoms with Crippen LogP contribution in [0.25, 0.3) is 5.65 Å². The van der Waals surface area contributed by atoms with E-state index in [2.05, 4.69) is 20.9 Å². The van der Waals surface area contributed by atoms with E-state index in [1.54, 1.807) is 0 Å². The van der Waals surface area contributed by atoms with Crippen LogP contribution in [0.3, 0.4) is 0 Å². The van der Waals surface area contributed by atoms with Gasteiger partial charge in [0, 0.05) is 27.8 Å². The maximum Gasteiger partial charge on any atom is 0.416 e. The van der Waals surface area contributed by atoms with E-state index in [0.29, 0.717) is 17.8 Å². The molecule has 0 saturated heterocycles. The lowest BCUT2D eigenvalue weighted by atomic mass is 10.0. The molecule has 0 aliphatic carbocycles. The topological polar surface area (TPSA) is 17.3 Å². The van der Waals surface area contributed by atoms with Gasteiger partial charge < -0.3 is 4.40 Å². The first-order valence-corrected chi connectivity index (χ1v) is 8.47. The number of alkyl halides is 3. The molecule has 0 spiro atoms. The second kappa shape index (κ2) is 6.41. The number of halogens is 5. The highest BCUT2D eigenvalue weighted by Crippen LogP contribution is 2.35. The van der Waals surface area contributed by atoms with Crippen molar-refractivity contribution >= 4 is 33.2 Å². The summed E-state index contributed by atoms with van der Waals surface area (Å²) in [7, 11) is 0. The second-order valence-corrected chi connectivity index (χ2v) is 6.76. The molecule has 0 fully saturated rings. The molecule has 3 aromatic rings. The van der Waals surface area contributed by atoms with Gasteiger partial charge in [-0.1, -0.05) is 40.5 Å². The van der Waals surface area contributed by atoms with Crippen LogP contribution in [-0.2, 0) is 19.0 Å². The Morgan fingerprint density at radius 2 is 1.96 bits per heavy atom. The molecule has 24 heavy (non-hydrogen) atoms. The molecule has 0 saturated carbocycles. The highest BCUT2D eigenvalue weighted by molar-refractivity contribution is 9.10. The summed E-state index contributed by atoms with van der Waals surface area (Å²) in [6, 6.07) is 7.58. The lowest BCUT2D eigenvalue weighted by Crippen LogP contribution is -2.10. The maximum atomic E-state index is 13.3. The van der Waals surface area contributed by atoms with E-state index in [-0.39, 0.29) is 17.0 Å². The van der Waals surface area contributed by atoms with Gasteiger partial charge in [-0.2, -0.15) is 13.2 Å². The van der Waals surface area contributed by atoms with Crippen molar-refractivity contribution in [2.45, 2.75) is 25.9 Å². The van der Waals surface area contributed by atoms with E-state index < -0.39 is 11.7 Å². The third-order valence-corrected chi connectivity index (χ3v) is 4.57. The number of fused-ring (bicyclic) bond motifs is 1. The number of nitrogens with zero attached hydrogens (tertiary/aromatic N) is 2. The Morgan fingerprint density at radius 1 is 1.21 bits per heavy atom. The summed E-state index contributed by atoms with van der Waals surface area (Å²) in [5.74, 6) is 0. The second-order valence-electron chi connectivity index (χ2n) is 5.41. The molecule has 0 amide bonds. The Balaban J connectivity index is 2.11. The minimum absolute atomic E-state index is 0.0701. The summed E-state index contributed by atoms with van der Waals surface area (Å²) in [6.45, 7) is 1.96. The predicted octanol–water partition coefficient (Wildman–Crippen LogP) is 5.92. The van der Waals surface area contributed by atoms with Gasteiger partial charge in [-0.15, -0.1) is 0 Å². The molecule has 1 aromatic carbocycles. The molecule has 0 aliphatic rings. The van der Waals surface area contributed by atoms with Crippen LogP contribution in [0.4, 0.5) is 13.2 Å². The van der Waals surface area contributed by atoms with Gasteiger partial charge in [-0.05, 0) is 36.2 Å². The standard InChI is InChI=1S/C17H13BrClF3N2/c1-2-15-14(23-16-8-11(18)5-6-24(15)16)7-10-3-4-12(19)9-13(10)17(20,21)22/h3-6,8-9H,2,7H2,1H3. The number of hydrogen-bond acceptors (Lipinski definition) is 1. The van der Waals surface area contributed by atoms with Gasteiger partial charge in [-0.25, -0.2) is 4.98 Å². The van der Waals surface area contributed by atoms with Gasteiger partial charge in [0.15, 0.2) is 0 Å². The maximum absolute atomic E-state index is 13.3. The molecule has 0 unspecified atom stereocenters. The Kier molecular flexibility index (Phi) is 4.62. The number of imidazole rings is 1. The number of benzene rings is 1. The first kappa shape index (κ1) is 17.3. The third kappa shape index (κ3) is 3.30. The van der Waals surface area contributed by atoms with E-state index in [4.69, 9.17) is 11.6 Å². The summed E-state index contributed by atoms with van der Waals surface area (Å²) in [5.41, 5.74) is 1.71. The molecule has 2 heterocycles.